The molecular weight excluding hydrogens is 393 g/mol. The van der Waals surface area contributed by atoms with Crippen LogP contribution in [0.4, 0.5) is 4.39 Å². The van der Waals surface area contributed by atoms with E-state index in [0.29, 0.717) is 18.3 Å². The number of rotatable bonds is 11. The van der Waals surface area contributed by atoms with Crippen molar-refractivity contribution in [2.45, 2.75) is 45.6 Å². The van der Waals surface area contributed by atoms with Gasteiger partial charge in [-0.25, -0.2) is 4.39 Å². The van der Waals surface area contributed by atoms with Gasteiger partial charge in [0.25, 0.3) is 0 Å². The summed E-state index contributed by atoms with van der Waals surface area (Å²) in [7, 11) is 2.19. The number of unbranched alkanes of at least 4 members (excludes halogenated alkanes) is 1. The summed E-state index contributed by atoms with van der Waals surface area (Å²) < 4.78 is 20.0. The average molecular weight is 434 g/mol. The van der Waals surface area contributed by atoms with E-state index in [-0.39, 0.29) is 11.9 Å². The number of benzene rings is 1. The van der Waals surface area contributed by atoms with Crippen LogP contribution in [0.2, 0.25) is 0 Å². The molecule has 6 nitrogen and oxygen atoms in total. The Morgan fingerprint density at radius 3 is 2.68 bits per heavy atom. The Kier molecular flexibility index (Phi) is 9.40. The van der Waals surface area contributed by atoms with E-state index >= 15 is 0 Å². The molecular formula is C24H40FN5O. The smallest absolute Gasteiger partial charge is 0.191 e. The largest absolute Gasteiger partial charge is 0.490 e. The van der Waals surface area contributed by atoms with Gasteiger partial charge in [0.1, 0.15) is 0 Å². The maximum absolute atomic E-state index is 14.4. The number of nitrogens with zero attached hydrogens (tertiary/aromatic N) is 3. The summed E-state index contributed by atoms with van der Waals surface area (Å²) in [4.78, 5) is 9.65. The van der Waals surface area contributed by atoms with E-state index < -0.39 is 0 Å². The van der Waals surface area contributed by atoms with Crippen molar-refractivity contribution in [2.24, 2.45) is 10.9 Å². The van der Waals surface area contributed by atoms with E-state index in [1.54, 1.807) is 12.1 Å². The Labute approximate surface area is 187 Å². The molecule has 1 saturated heterocycles. The van der Waals surface area contributed by atoms with E-state index in [0.717, 1.165) is 44.0 Å². The molecule has 3 rings (SSSR count). The predicted octanol–water partition coefficient (Wildman–Crippen LogP) is 3.26. The van der Waals surface area contributed by atoms with Crippen LogP contribution in [-0.2, 0) is 0 Å². The summed E-state index contributed by atoms with van der Waals surface area (Å²) in [6, 6.07) is 5.20. The minimum absolute atomic E-state index is 0.0462. The Morgan fingerprint density at radius 1 is 1.23 bits per heavy atom. The summed E-state index contributed by atoms with van der Waals surface area (Å²) in [5.74, 6) is 1.45. The van der Waals surface area contributed by atoms with Gasteiger partial charge in [0.05, 0.1) is 12.6 Å². The first-order valence-corrected chi connectivity index (χ1v) is 11.9. The molecule has 2 N–H and O–H groups in total. The number of hydrogen-bond acceptors (Lipinski definition) is 4. The lowest BCUT2D eigenvalue weighted by atomic mass is 10.1. The number of guanidine groups is 1. The average Bonchev–Trinajstić information content (AvgIpc) is 3.58. The van der Waals surface area contributed by atoms with E-state index in [4.69, 9.17) is 9.73 Å². The molecule has 1 saturated carbocycles. The van der Waals surface area contributed by atoms with Crippen molar-refractivity contribution in [3.63, 3.8) is 0 Å². The number of halogens is 1. The van der Waals surface area contributed by atoms with Crippen molar-refractivity contribution in [3.05, 3.63) is 29.6 Å². The molecule has 1 aliphatic heterocycles. The summed E-state index contributed by atoms with van der Waals surface area (Å²) in [5.41, 5.74) is 0.886. The van der Waals surface area contributed by atoms with Crippen LogP contribution in [0.25, 0.3) is 0 Å². The maximum Gasteiger partial charge on any atom is 0.191 e. The summed E-state index contributed by atoms with van der Waals surface area (Å²) in [6.07, 6.45) is 4.63. The molecule has 174 valence electrons. The fourth-order valence-electron chi connectivity index (χ4n) is 3.71. The predicted molar refractivity (Wildman–Crippen MR) is 125 cm³/mol. The fourth-order valence-corrected chi connectivity index (χ4v) is 3.71. The topological polar surface area (TPSA) is 52.1 Å². The second kappa shape index (κ2) is 12.2. The van der Waals surface area contributed by atoms with Crippen LogP contribution in [0.1, 0.15) is 51.1 Å². The van der Waals surface area contributed by atoms with Crippen LogP contribution in [0, 0.1) is 11.7 Å². The van der Waals surface area contributed by atoms with E-state index in [1.165, 1.54) is 39.0 Å². The van der Waals surface area contributed by atoms with Crippen LogP contribution in [0.3, 0.4) is 0 Å². The number of aliphatic imine (C=N–C) groups is 1. The molecule has 0 aromatic heterocycles. The second-order valence-corrected chi connectivity index (χ2v) is 8.92. The van der Waals surface area contributed by atoms with Gasteiger partial charge in [-0.1, -0.05) is 6.07 Å². The standard InChI is InChI=1S/C24H40FN5O/c1-4-26-24(27-11-5-6-12-30-15-13-29(3)14-16-30)28-19(2)21-9-10-23(22(25)17-21)31-18-20-7-8-20/h9-10,17,19-20H,4-8,11-16,18H2,1-3H3,(H2,26,27,28). The first-order valence-electron chi connectivity index (χ1n) is 11.9. The van der Waals surface area contributed by atoms with Crippen molar-refractivity contribution in [1.82, 2.24) is 20.4 Å². The Bertz CT molecular complexity index is 701. The molecule has 31 heavy (non-hydrogen) atoms. The first kappa shape index (κ1) is 23.8. The molecule has 0 spiro atoms. The third-order valence-corrected chi connectivity index (χ3v) is 6.07. The van der Waals surface area contributed by atoms with Crippen molar-refractivity contribution in [1.29, 1.82) is 0 Å². The number of piperazine rings is 1. The molecule has 1 aromatic rings. The molecule has 1 aromatic carbocycles. The van der Waals surface area contributed by atoms with Gasteiger partial charge in [-0.05, 0) is 76.7 Å². The van der Waals surface area contributed by atoms with E-state index in [9.17, 15) is 4.39 Å². The Balaban J connectivity index is 1.42. The maximum atomic E-state index is 14.4. The number of ether oxygens (including phenoxy) is 1. The lowest BCUT2D eigenvalue weighted by Gasteiger charge is -2.32. The molecule has 7 heteroatoms. The minimum Gasteiger partial charge on any atom is -0.490 e. The quantitative estimate of drug-likeness (QED) is 0.319. The highest BCUT2D eigenvalue weighted by Crippen LogP contribution is 2.30. The van der Waals surface area contributed by atoms with Crippen LogP contribution in [0.5, 0.6) is 5.75 Å². The Morgan fingerprint density at radius 2 is 2.00 bits per heavy atom. The normalized spacial score (nSPS) is 19.3. The van der Waals surface area contributed by atoms with Gasteiger partial charge in [0, 0.05) is 39.3 Å². The van der Waals surface area contributed by atoms with Crippen LogP contribution in [0.15, 0.2) is 23.2 Å². The Hall–Kier alpha value is -1.86. The summed E-state index contributed by atoms with van der Waals surface area (Å²) in [5, 5.41) is 6.70. The third kappa shape index (κ3) is 8.30. The molecule has 0 amide bonds. The highest BCUT2D eigenvalue weighted by molar-refractivity contribution is 5.80. The lowest BCUT2D eigenvalue weighted by Crippen LogP contribution is -2.44. The molecule has 1 heterocycles. The zero-order valence-corrected chi connectivity index (χ0v) is 19.5. The summed E-state index contributed by atoms with van der Waals surface area (Å²) in [6.45, 7) is 12.1. The van der Waals surface area contributed by atoms with Gasteiger partial charge in [-0.15, -0.1) is 0 Å². The fraction of sp³-hybridized carbons (Fsp3) is 0.708. The number of likely N-dealkylation sites (N-methyl/N-ethyl adjacent to an activating group) is 1. The van der Waals surface area contributed by atoms with Gasteiger partial charge in [0.15, 0.2) is 17.5 Å². The monoisotopic (exact) mass is 433 g/mol. The molecule has 2 aliphatic rings. The molecule has 1 aliphatic carbocycles. The second-order valence-electron chi connectivity index (χ2n) is 8.92. The van der Waals surface area contributed by atoms with Crippen molar-refractivity contribution < 1.29 is 9.13 Å². The SMILES string of the molecule is CCNC(=NCCCCN1CCN(C)CC1)NC(C)c1ccc(OCC2CC2)c(F)c1. The molecule has 0 bridgehead atoms. The first-order chi connectivity index (χ1) is 15.0. The molecule has 0 radical (unpaired) electrons. The van der Waals surface area contributed by atoms with Crippen LogP contribution in [-0.4, -0.2) is 75.2 Å². The van der Waals surface area contributed by atoms with Gasteiger partial charge >= 0.3 is 0 Å². The van der Waals surface area contributed by atoms with Crippen molar-refractivity contribution >= 4 is 5.96 Å². The van der Waals surface area contributed by atoms with Gasteiger partial charge in [-0.2, -0.15) is 0 Å². The number of hydrogen-bond donors (Lipinski definition) is 2. The molecule has 1 atom stereocenters. The van der Waals surface area contributed by atoms with Crippen LogP contribution < -0.4 is 15.4 Å². The molecule has 1 unspecified atom stereocenters. The highest BCUT2D eigenvalue weighted by Gasteiger charge is 2.22. The van der Waals surface area contributed by atoms with Crippen molar-refractivity contribution in [2.75, 3.05) is 59.5 Å². The van der Waals surface area contributed by atoms with Gasteiger partial charge < -0.3 is 25.2 Å². The lowest BCUT2D eigenvalue weighted by molar-refractivity contribution is 0.152. The molecule has 2 fully saturated rings. The van der Waals surface area contributed by atoms with Crippen molar-refractivity contribution in [3.8, 4) is 5.75 Å². The van der Waals surface area contributed by atoms with E-state index in [1.807, 2.05) is 13.0 Å². The van der Waals surface area contributed by atoms with Crippen LogP contribution >= 0.6 is 0 Å². The van der Waals surface area contributed by atoms with E-state index in [2.05, 4.69) is 34.4 Å². The van der Waals surface area contributed by atoms with Gasteiger partial charge in [0.2, 0.25) is 0 Å². The zero-order chi connectivity index (χ0) is 22.1. The highest BCUT2D eigenvalue weighted by atomic mass is 19.1. The minimum atomic E-state index is -0.294. The van der Waals surface area contributed by atoms with Gasteiger partial charge in [-0.3, -0.25) is 4.99 Å². The third-order valence-electron chi connectivity index (χ3n) is 6.07. The number of nitrogens with one attached hydrogen (secondary N) is 2. The summed E-state index contributed by atoms with van der Waals surface area (Å²) >= 11 is 0. The zero-order valence-electron chi connectivity index (χ0n) is 19.5.